The van der Waals surface area contributed by atoms with Crippen molar-refractivity contribution in [1.29, 1.82) is 0 Å². The first-order valence-electron chi connectivity index (χ1n) is 9.51. The van der Waals surface area contributed by atoms with Crippen LogP contribution in [0.3, 0.4) is 0 Å². The van der Waals surface area contributed by atoms with Crippen LogP contribution in [0.2, 0.25) is 0 Å². The second-order valence-corrected chi connectivity index (χ2v) is 7.08. The highest BCUT2D eigenvalue weighted by Gasteiger charge is 2.35. The van der Waals surface area contributed by atoms with E-state index < -0.39 is 0 Å². The van der Waals surface area contributed by atoms with Crippen LogP contribution >= 0.6 is 0 Å². The minimum Gasteiger partial charge on any atom is -0.381 e. The summed E-state index contributed by atoms with van der Waals surface area (Å²) < 4.78 is 11.3. The van der Waals surface area contributed by atoms with E-state index in [1.165, 1.54) is 5.56 Å². The van der Waals surface area contributed by atoms with E-state index in [2.05, 4.69) is 29.6 Å². The quantitative estimate of drug-likeness (QED) is 0.892. The summed E-state index contributed by atoms with van der Waals surface area (Å²) in [5.41, 5.74) is 1.27. The average molecular weight is 346 g/mol. The van der Waals surface area contributed by atoms with Gasteiger partial charge in [-0.2, -0.15) is 0 Å². The van der Waals surface area contributed by atoms with E-state index in [-0.39, 0.29) is 17.6 Å². The molecule has 2 heterocycles. The summed E-state index contributed by atoms with van der Waals surface area (Å²) in [6.45, 7) is 6.39. The maximum Gasteiger partial charge on any atom is 0.317 e. The van der Waals surface area contributed by atoms with Crippen molar-refractivity contribution in [3.8, 4) is 0 Å². The molecule has 2 saturated heterocycles. The fourth-order valence-corrected chi connectivity index (χ4v) is 3.97. The first-order valence-corrected chi connectivity index (χ1v) is 9.51. The van der Waals surface area contributed by atoms with Gasteiger partial charge in [0.05, 0.1) is 6.10 Å². The Morgan fingerprint density at radius 2 is 2.08 bits per heavy atom. The van der Waals surface area contributed by atoms with E-state index in [4.69, 9.17) is 9.47 Å². The SMILES string of the molecule is CCOC1CCCN(C(=O)NCC2(c3ccccc3)CCOCC2)C1. The number of carbonyl (C=O) groups excluding carboxylic acids is 1. The molecule has 0 aromatic heterocycles. The molecule has 2 aliphatic rings. The van der Waals surface area contributed by atoms with E-state index in [1.807, 2.05) is 17.9 Å². The van der Waals surface area contributed by atoms with E-state index in [9.17, 15) is 4.79 Å². The number of amides is 2. The first kappa shape index (κ1) is 18.2. The van der Waals surface area contributed by atoms with Crippen molar-refractivity contribution in [2.75, 3.05) is 39.5 Å². The largest absolute Gasteiger partial charge is 0.381 e. The highest BCUT2D eigenvalue weighted by Crippen LogP contribution is 2.34. The fraction of sp³-hybridized carbons (Fsp3) is 0.650. The lowest BCUT2D eigenvalue weighted by atomic mass is 9.74. The number of piperidine rings is 1. The molecule has 2 aliphatic heterocycles. The van der Waals surface area contributed by atoms with Crippen LogP contribution in [-0.4, -0.2) is 56.5 Å². The van der Waals surface area contributed by atoms with Crippen LogP contribution in [0, 0.1) is 0 Å². The molecule has 1 N–H and O–H groups in total. The van der Waals surface area contributed by atoms with Crippen molar-refractivity contribution >= 4 is 6.03 Å². The minimum atomic E-state index is -0.0235. The van der Waals surface area contributed by atoms with Gasteiger partial charge >= 0.3 is 6.03 Å². The van der Waals surface area contributed by atoms with E-state index in [0.29, 0.717) is 19.7 Å². The van der Waals surface area contributed by atoms with Crippen molar-refractivity contribution in [1.82, 2.24) is 10.2 Å². The van der Waals surface area contributed by atoms with Gasteiger partial charge in [-0.05, 0) is 38.2 Å². The lowest BCUT2D eigenvalue weighted by molar-refractivity contribution is 0.0155. The zero-order valence-corrected chi connectivity index (χ0v) is 15.2. The normalized spacial score (nSPS) is 23.2. The molecular formula is C20H30N2O3. The molecule has 0 aliphatic carbocycles. The third kappa shape index (κ3) is 4.53. The smallest absolute Gasteiger partial charge is 0.317 e. The first-order chi connectivity index (χ1) is 12.2. The van der Waals surface area contributed by atoms with Crippen LogP contribution in [0.1, 0.15) is 38.2 Å². The van der Waals surface area contributed by atoms with Crippen molar-refractivity contribution in [3.05, 3.63) is 35.9 Å². The predicted octanol–water partition coefficient (Wildman–Crippen LogP) is 2.95. The summed E-state index contributed by atoms with van der Waals surface area (Å²) in [4.78, 5) is 14.6. The molecule has 3 rings (SSSR count). The number of likely N-dealkylation sites (tertiary alicyclic amines) is 1. The second-order valence-electron chi connectivity index (χ2n) is 7.08. The monoisotopic (exact) mass is 346 g/mol. The Kier molecular flexibility index (Phi) is 6.32. The van der Waals surface area contributed by atoms with Gasteiger partial charge in [0.15, 0.2) is 0 Å². The number of hydrogen-bond donors (Lipinski definition) is 1. The molecule has 1 unspecified atom stereocenters. The molecule has 0 spiro atoms. The molecule has 5 heteroatoms. The number of nitrogens with one attached hydrogen (secondary N) is 1. The molecule has 138 valence electrons. The molecule has 2 amide bonds. The number of benzene rings is 1. The molecule has 1 aromatic carbocycles. The number of rotatable bonds is 5. The standard InChI is InChI=1S/C20H30N2O3/c1-2-25-18-9-6-12-22(15-18)19(23)21-16-20(10-13-24-14-11-20)17-7-4-3-5-8-17/h3-5,7-8,18H,2,6,9-16H2,1H3,(H,21,23). The van der Waals surface area contributed by atoms with Crippen LogP contribution in [0.4, 0.5) is 4.79 Å². The highest BCUT2D eigenvalue weighted by molar-refractivity contribution is 5.74. The van der Waals surface area contributed by atoms with E-state index in [1.54, 1.807) is 0 Å². The lowest BCUT2D eigenvalue weighted by Crippen LogP contribution is -2.51. The lowest BCUT2D eigenvalue weighted by Gasteiger charge is -2.39. The van der Waals surface area contributed by atoms with E-state index >= 15 is 0 Å². The summed E-state index contributed by atoms with van der Waals surface area (Å²) in [5.74, 6) is 0. The minimum absolute atomic E-state index is 0.0235. The third-order valence-corrected chi connectivity index (χ3v) is 5.48. The maximum absolute atomic E-state index is 12.7. The fourth-order valence-electron chi connectivity index (χ4n) is 3.97. The van der Waals surface area contributed by atoms with Crippen molar-refractivity contribution < 1.29 is 14.3 Å². The Bertz CT molecular complexity index is 541. The molecule has 1 aromatic rings. The van der Waals surface area contributed by atoms with Crippen LogP contribution in [0.25, 0.3) is 0 Å². The number of nitrogens with zero attached hydrogens (tertiary/aromatic N) is 1. The maximum atomic E-state index is 12.7. The van der Waals surface area contributed by atoms with Crippen LogP contribution in [-0.2, 0) is 14.9 Å². The number of carbonyl (C=O) groups is 1. The van der Waals surface area contributed by atoms with Gasteiger partial charge in [-0.15, -0.1) is 0 Å². The molecule has 2 fully saturated rings. The Labute approximate surface area is 150 Å². The van der Waals surface area contributed by atoms with Gasteiger partial charge in [-0.3, -0.25) is 0 Å². The van der Waals surface area contributed by atoms with Crippen molar-refractivity contribution in [3.63, 3.8) is 0 Å². The van der Waals surface area contributed by atoms with Gasteiger partial charge in [-0.25, -0.2) is 4.79 Å². The van der Waals surface area contributed by atoms with Gasteiger partial charge in [0.1, 0.15) is 0 Å². The summed E-state index contributed by atoms with van der Waals surface area (Å²) >= 11 is 0. The zero-order valence-electron chi connectivity index (χ0n) is 15.2. The Morgan fingerprint density at radius 3 is 2.80 bits per heavy atom. The number of urea groups is 1. The van der Waals surface area contributed by atoms with Gasteiger partial charge in [0.25, 0.3) is 0 Å². The van der Waals surface area contributed by atoms with Gasteiger partial charge in [0.2, 0.25) is 0 Å². The Balaban J connectivity index is 1.62. The summed E-state index contributed by atoms with van der Waals surface area (Å²) in [6.07, 6.45) is 4.12. The third-order valence-electron chi connectivity index (χ3n) is 5.48. The summed E-state index contributed by atoms with van der Waals surface area (Å²) in [7, 11) is 0. The second kappa shape index (κ2) is 8.68. The van der Waals surface area contributed by atoms with Crippen LogP contribution in [0.5, 0.6) is 0 Å². The summed E-state index contributed by atoms with van der Waals surface area (Å²) in [5, 5.41) is 3.20. The van der Waals surface area contributed by atoms with Crippen LogP contribution < -0.4 is 5.32 Å². The van der Waals surface area contributed by atoms with Crippen molar-refractivity contribution in [2.24, 2.45) is 0 Å². The van der Waals surface area contributed by atoms with Crippen molar-refractivity contribution in [2.45, 2.75) is 44.1 Å². The van der Waals surface area contributed by atoms with Gasteiger partial charge in [-0.1, -0.05) is 30.3 Å². The number of ether oxygens (including phenoxy) is 2. The number of hydrogen-bond acceptors (Lipinski definition) is 3. The topological polar surface area (TPSA) is 50.8 Å². The molecule has 25 heavy (non-hydrogen) atoms. The Hall–Kier alpha value is -1.59. The summed E-state index contributed by atoms with van der Waals surface area (Å²) in [6, 6.07) is 10.6. The van der Waals surface area contributed by atoms with E-state index in [0.717, 1.165) is 45.4 Å². The highest BCUT2D eigenvalue weighted by atomic mass is 16.5. The molecule has 1 atom stereocenters. The molecule has 0 radical (unpaired) electrons. The van der Waals surface area contributed by atoms with Crippen LogP contribution in [0.15, 0.2) is 30.3 Å². The molecular weight excluding hydrogens is 316 g/mol. The van der Waals surface area contributed by atoms with Gasteiger partial charge in [0, 0.05) is 44.9 Å². The average Bonchev–Trinajstić information content (AvgIpc) is 2.68. The molecule has 0 bridgehead atoms. The zero-order chi connectivity index (χ0) is 17.5. The Morgan fingerprint density at radius 1 is 1.32 bits per heavy atom. The molecule has 0 saturated carbocycles. The predicted molar refractivity (Wildman–Crippen MR) is 97.8 cm³/mol. The molecule has 5 nitrogen and oxygen atoms in total. The van der Waals surface area contributed by atoms with Gasteiger partial charge < -0.3 is 19.7 Å².